The van der Waals surface area contributed by atoms with E-state index in [1.165, 1.54) is 11.1 Å². The van der Waals surface area contributed by atoms with Crippen LogP contribution in [0.4, 0.5) is 5.69 Å². The molecule has 2 aromatic carbocycles. The normalized spacial score (nSPS) is 25.6. The highest BCUT2D eigenvalue weighted by Crippen LogP contribution is 2.39. The monoisotopic (exact) mass is 414 g/mol. The van der Waals surface area contributed by atoms with Gasteiger partial charge in [-0.1, -0.05) is 42.5 Å². The van der Waals surface area contributed by atoms with Crippen LogP contribution < -0.4 is 22.2 Å². The van der Waals surface area contributed by atoms with Gasteiger partial charge in [-0.2, -0.15) is 0 Å². The van der Waals surface area contributed by atoms with Crippen LogP contribution in [-0.4, -0.2) is 21.4 Å². The summed E-state index contributed by atoms with van der Waals surface area (Å²) in [6.07, 6.45) is 7.80. The van der Waals surface area contributed by atoms with Crippen molar-refractivity contribution in [1.29, 1.82) is 0 Å². The third kappa shape index (κ3) is 3.62. The molecule has 1 atom stereocenters. The van der Waals surface area contributed by atoms with Crippen molar-refractivity contribution in [2.45, 2.75) is 44.3 Å². The zero-order valence-corrected chi connectivity index (χ0v) is 17.9. The number of fused-ring (bicyclic) bond motifs is 1. The lowest BCUT2D eigenvalue weighted by Gasteiger charge is -2.46. The van der Waals surface area contributed by atoms with Gasteiger partial charge in [-0.15, -0.1) is 0 Å². The first-order chi connectivity index (χ1) is 15.0. The first-order valence-corrected chi connectivity index (χ1v) is 11.0. The summed E-state index contributed by atoms with van der Waals surface area (Å²) in [5.41, 5.74) is 21.5. The van der Waals surface area contributed by atoms with Crippen molar-refractivity contribution in [1.82, 2.24) is 9.66 Å². The van der Waals surface area contributed by atoms with E-state index in [-0.39, 0.29) is 6.04 Å². The minimum Gasteiger partial charge on any atom is -0.352 e. The summed E-state index contributed by atoms with van der Waals surface area (Å²) >= 11 is 0. The summed E-state index contributed by atoms with van der Waals surface area (Å²) in [6, 6.07) is 19.2. The topological polar surface area (TPSA) is 93.9 Å². The van der Waals surface area contributed by atoms with Gasteiger partial charge >= 0.3 is 0 Å². The maximum absolute atomic E-state index is 7.04. The second kappa shape index (κ2) is 7.87. The zero-order valence-electron chi connectivity index (χ0n) is 17.9. The lowest BCUT2D eigenvalue weighted by Crippen LogP contribution is -2.61. The van der Waals surface area contributed by atoms with Gasteiger partial charge in [-0.05, 0) is 61.4 Å². The third-order valence-corrected chi connectivity index (χ3v) is 6.84. The van der Waals surface area contributed by atoms with Crippen LogP contribution in [0.1, 0.15) is 38.4 Å². The fraction of sp³-hybridized carbons (Fsp3) is 0.320. The van der Waals surface area contributed by atoms with Crippen molar-refractivity contribution in [2.24, 2.45) is 17.4 Å². The molecule has 31 heavy (non-hydrogen) atoms. The first kappa shape index (κ1) is 19.8. The largest absolute Gasteiger partial charge is 0.352 e. The molecule has 0 radical (unpaired) electrons. The summed E-state index contributed by atoms with van der Waals surface area (Å²) in [5, 5.41) is 3.61. The number of anilines is 1. The minimum absolute atomic E-state index is 0.289. The quantitative estimate of drug-likeness (QED) is 0.515. The van der Waals surface area contributed by atoms with Gasteiger partial charge in [0.25, 0.3) is 0 Å². The van der Waals surface area contributed by atoms with E-state index in [0.29, 0.717) is 5.92 Å². The van der Waals surface area contributed by atoms with Gasteiger partial charge in [0.05, 0.1) is 5.70 Å². The van der Waals surface area contributed by atoms with Crippen LogP contribution >= 0.6 is 0 Å². The number of nitrogens with two attached hydrogens (primary N) is 2. The van der Waals surface area contributed by atoms with Crippen LogP contribution in [-0.2, 0) is 0 Å². The predicted octanol–water partition coefficient (Wildman–Crippen LogP) is 4.12. The standard InChI is InChI=1S/C25H30N6/c1-17-23(29-22-13-7-19(8-14-22)18-5-3-2-4-6-18)24-28-15-16-31(24)30-25(17,27)20-9-11-21(26)12-10-20/h2-8,13-16,20-21,29-30H,9-12,26-27H2,1H3. The lowest BCUT2D eigenvalue weighted by molar-refractivity contribution is 0.229. The predicted molar refractivity (Wildman–Crippen MR) is 127 cm³/mol. The number of nitrogens with zero attached hydrogens (tertiary/aromatic N) is 2. The second-order valence-corrected chi connectivity index (χ2v) is 8.78. The summed E-state index contributed by atoms with van der Waals surface area (Å²) in [5.74, 6) is 1.17. The molecular formula is C25H30N6. The highest BCUT2D eigenvalue weighted by Gasteiger charge is 2.43. The maximum Gasteiger partial charge on any atom is 0.175 e. The van der Waals surface area contributed by atoms with Crippen molar-refractivity contribution in [3.8, 4) is 11.1 Å². The van der Waals surface area contributed by atoms with Crippen molar-refractivity contribution in [2.75, 3.05) is 10.7 Å². The van der Waals surface area contributed by atoms with E-state index in [4.69, 9.17) is 11.5 Å². The fourth-order valence-corrected chi connectivity index (χ4v) is 4.88. The number of hydrogen-bond donors (Lipinski definition) is 4. The molecule has 0 amide bonds. The number of hydrogen-bond acceptors (Lipinski definition) is 5. The van der Waals surface area contributed by atoms with Gasteiger partial charge in [0.15, 0.2) is 5.82 Å². The van der Waals surface area contributed by atoms with E-state index < -0.39 is 5.66 Å². The summed E-state index contributed by atoms with van der Waals surface area (Å²) in [4.78, 5) is 4.58. The van der Waals surface area contributed by atoms with E-state index >= 15 is 0 Å². The Morgan fingerprint density at radius 2 is 1.68 bits per heavy atom. The summed E-state index contributed by atoms with van der Waals surface area (Å²) in [7, 11) is 0. The van der Waals surface area contributed by atoms with Crippen LogP contribution in [0.5, 0.6) is 0 Å². The Balaban J connectivity index is 1.46. The van der Waals surface area contributed by atoms with Crippen molar-refractivity contribution >= 4 is 11.4 Å². The Morgan fingerprint density at radius 1 is 1.00 bits per heavy atom. The number of rotatable bonds is 4. The highest BCUT2D eigenvalue weighted by atomic mass is 15.5. The van der Waals surface area contributed by atoms with E-state index in [0.717, 1.165) is 48.5 Å². The Labute approximate surface area is 183 Å². The Morgan fingerprint density at radius 3 is 2.39 bits per heavy atom. The second-order valence-electron chi connectivity index (χ2n) is 8.78. The molecule has 3 aromatic rings. The molecule has 5 rings (SSSR count). The van der Waals surface area contributed by atoms with Crippen LogP contribution in [0, 0.1) is 5.92 Å². The van der Waals surface area contributed by atoms with Crippen molar-refractivity contribution in [3.63, 3.8) is 0 Å². The zero-order chi connectivity index (χ0) is 21.4. The van der Waals surface area contributed by atoms with Gasteiger partial charge in [0.1, 0.15) is 5.66 Å². The number of imidazole rings is 1. The molecule has 2 aliphatic rings. The van der Waals surface area contributed by atoms with Crippen molar-refractivity contribution in [3.05, 3.63) is 78.4 Å². The smallest absolute Gasteiger partial charge is 0.175 e. The van der Waals surface area contributed by atoms with Gasteiger partial charge in [0.2, 0.25) is 0 Å². The van der Waals surface area contributed by atoms with Crippen LogP contribution in [0.2, 0.25) is 0 Å². The molecule has 6 nitrogen and oxygen atoms in total. The minimum atomic E-state index is -0.639. The van der Waals surface area contributed by atoms with Gasteiger partial charge in [0, 0.05) is 30.0 Å². The lowest BCUT2D eigenvalue weighted by atomic mass is 9.75. The molecule has 0 saturated heterocycles. The Kier molecular flexibility index (Phi) is 5.04. The third-order valence-electron chi connectivity index (χ3n) is 6.84. The number of aromatic nitrogens is 2. The van der Waals surface area contributed by atoms with Crippen LogP contribution in [0.3, 0.4) is 0 Å². The molecule has 1 saturated carbocycles. The number of benzene rings is 2. The molecule has 1 aliphatic carbocycles. The van der Waals surface area contributed by atoms with Gasteiger partial charge in [-0.3, -0.25) is 0 Å². The molecule has 0 bridgehead atoms. The Bertz CT molecular complexity index is 1080. The van der Waals surface area contributed by atoms with E-state index in [1.54, 1.807) is 6.20 Å². The molecule has 6 N–H and O–H groups in total. The highest BCUT2D eigenvalue weighted by molar-refractivity contribution is 5.79. The molecule has 1 aromatic heterocycles. The average molecular weight is 415 g/mol. The maximum atomic E-state index is 7.04. The average Bonchev–Trinajstić information content (AvgIpc) is 3.26. The summed E-state index contributed by atoms with van der Waals surface area (Å²) in [6.45, 7) is 2.11. The van der Waals surface area contributed by atoms with E-state index in [1.807, 2.05) is 16.9 Å². The number of nitrogens with one attached hydrogen (secondary N) is 2. The fourth-order valence-electron chi connectivity index (χ4n) is 4.88. The molecule has 1 aliphatic heterocycles. The van der Waals surface area contributed by atoms with Crippen LogP contribution in [0.15, 0.2) is 72.6 Å². The molecule has 1 unspecified atom stereocenters. The Hall–Kier alpha value is -3.09. The summed E-state index contributed by atoms with van der Waals surface area (Å²) < 4.78 is 1.95. The van der Waals surface area contributed by atoms with Gasteiger partial charge in [-0.25, -0.2) is 9.66 Å². The molecule has 2 heterocycles. The molecular weight excluding hydrogens is 384 g/mol. The van der Waals surface area contributed by atoms with E-state index in [9.17, 15) is 0 Å². The SMILES string of the molecule is CC1=C(Nc2ccc(-c3ccccc3)cc2)c2nccn2NC1(N)C1CCC(N)CC1. The molecule has 0 spiro atoms. The first-order valence-electron chi connectivity index (χ1n) is 11.0. The van der Waals surface area contributed by atoms with Crippen LogP contribution in [0.25, 0.3) is 16.8 Å². The van der Waals surface area contributed by atoms with Gasteiger partial charge < -0.3 is 22.2 Å². The molecule has 6 heteroatoms. The molecule has 160 valence electrons. The van der Waals surface area contributed by atoms with Crippen molar-refractivity contribution < 1.29 is 0 Å². The van der Waals surface area contributed by atoms with E-state index in [2.05, 4.69) is 71.2 Å². The molecule has 1 fully saturated rings.